The summed E-state index contributed by atoms with van der Waals surface area (Å²) in [6.45, 7) is 9.02. The highest BCUT2D eigenvalue weighted by Crippen LogP contribution is 2.26. The fourth-order valence-corrected chi connectivity index (χ4v) is 2.92. The molecule has 0 bridgehead atoms. The van der Waals surface area contributed by atoms with Crippen LogP contribution in [0.2, 0.25) is 0 Å². The largest absolute Gasteiger partial charge is 0.467 e. The van der Waals surface area contributed by atoms with Gasteiger partial charge >= 0.3 is 12.1 Å². The smallest absolute Gasteiger partial charge is 0.408 e. The van der Waals surface area contributed by atoms with Crippen LogP contribution in [0.15, 0.2) is 43.1 Å². The van der Waals surface area contributed by atoms with Crippen LogP contribution in [0, 0.1) is 0 Å². The second kappa shape index (κ2) is 7.64. The van der Waals surface area contributed by atoms with Gasteiger partial charge in [-0.15, -0.1) is 6.58 Å². The molecule has 0 aliphatic carbocycles. The van der Waals surface area contributed by atoms with Gasteiger partial charge in [0.05, 0.1) is 7.11 Å². The Morgan fingerprint density at radius 3 is 2.58 bits per heavy atom. The van der Waals surface area contributed by atoms with Crippen molar-refractivity contribution in [1.82, 2.24) is 10.3 Å². The van der Waals surface area contributed by atoms with E-state index in [2.05, 4.69) is 16.9 Å². The average Bonchev–Trinajstić information content (AvgIpc) is 2.95. The lowest BCUT2D eigenvalue weighted by atomic mass is 9.87. The molecule has 2 aromatic rings. The summed E-state index contributed by atoms with van der Waals surface area (Å²) >= 11 is 0. The van der Waals surface area contributed by atoms with E-state index in [0.29, 0.717) is 0 Å². The molecule has 1 aromatic heterocycles. The standard InChI is InChI=1S/C20H26N2O4/c1-6-11-20(17(23)25-5,22-18(24)26-19(2,3)4)12-14-13-21-16-10-8-7-9-15(14)16/h6-10,13,21H,1,11-12H2,2-5H3,(H,22,24). The highest BCUT2D eigenvalue weighted by molar-refractivity contribution is 5.89. The van der Waals surface area contributed by atoms with Crippen molar-refractivity contribution in [3.8, 4) is 0 Å². The lowest BCUT2D eigenvalue weighted by molar-refractivity contribution is -0.148. The minimum Gasteiger partial charge on any atom is -0.467 e. The van der Waals surface area contributed by atoms with Crippen molar-refractivity contribution >= 4 is 23.0 Å². The summed E-state index contributed by atoms with van der Waals surface area (Å²) in [5.74, 6) is -0.548. The molecule has 6 nitrogen and oxygen atoms in total. The molecular weight excluding hydrogens is 332 g/mol. The molecule has 0 aliphatic rings. The van der Waals surface area contributed by atoms with Crippen molar-refractivity contribution in [3.63, 3.8) is 0 Å². The van der Waals surface area contributed by atoms with E-state index >= 15 is 0 Å². The normalized spacial score (nSPS) is 13.7. The highest BCUT2D eigenvalue weighted by atomic mass is 16.6. The number of carbonyl (C=O) groups excluding carboxylic acids is 2. The number of hydrogen-bond acceptors (Lipinski definition) is 4. The number of amides is 1. The average molecular weight is 358 g/mol. The van der Waals surface area contributed by atoms with Crippen molar-refractivity contribution in [2.45, 2.75) is 44.8 Å². The van der Waals surface area contributed by atoms with E-state index < -0.39 is 23.2 Å². The molecule has 1 amide bonds. The lowest BCUT2D eigenvalue weighted by Crippen LogP contribution is -2.57. The molecule has 2 N–H and O–H groups in total. The number of esters is 1. The number of aromatic nitrogens is 1. The zero-order valence-electron chi connectivity index (χ0n) is 15.7. The fourth-order valence-electron chi connectivity index (χ4n) is 2.92. The van der Waals surface area contributed by atoms with Gasteiger partial charge in [0.25, 0.3) is 0 Å². The number of alkyl carbamates (subject to hydrolysis) is 1. The Morgan fingerprint density at radius 2 is 1.96 bits per heavy atom. The van der Waals surface area contributed by atoms with Crippen LogP contribution < -0.4 is 5.32 Å². The molecule has 1 unspecified atom stereocenters. The molecule has 2 rings (SSSR count). The van der Waals surface area contributed by atoms with Crippen LogP contribution in [-0.2, 0) is 20.7 Å². The van der Waals surface area contributed by atoms with Crippen LogP contribution in [-0.4, -0.2) is 35.3 Å². The summed E-state index contributed by atoms with van der Waals surface area (Å²) < 4.78 is 10.3. The van der Waals surface area contributed by atoms with E-state index in [0.717, 1.165) is 16.5 Å². The van der Waals surface area contributed by atoms with Gasteiger partial charge in [-0.3, -0.25) is 0 Å². The van der Waals surface area contributed by atoms with Crippen LogP contribution in [0.25, 0.3) is 10.9 Å². The van der Waals surface area contributed by atoms with Gasteiger partial charge in [-0.1, -0.05) is 24.3 Å². The van der Waals surface area contributed by atoms with E-state index in [1.165, 1.54) is 7.11 Å². The van der Waals surface area contributed by atoms with Crippen LogP contribution in [0.4, 0.5) is 4.79 Å². The second-order valence-electron chi connectivity index (χ2n) is 7.23. The number of benzene rings is 1. The Bertz CT molecular complexity index is 803. The maximum atomic E-state index is 12.6. The molecule has 0 saturated heterocycles. The number of rotatable bonds is 6. The molecule has 0 aliphatic heterocycles. The molecule has 26 heavy (non-hydrogen) atoms. The summed E-state index contributed by atoms with van der Waals surface area (Å²) in [6, 6.07) is 7.77. The molecule has 0 fully saturated rings. The Morgan fingerprint density at radius 1 is 1.27 bits per heavy atom. The zero-order valence-corrected chi connectivity index (χ0v) is 15.7. The van der Waals surface area contributed by atoms with Gasteiger partial charge in [-0.2, -0.15) is 0 Å². The first-order chi connectivity index (χ1) is 12.2. The number of hydrogen-bond donors (Lipinski definition) is 2. The summed E-state index contributed by atoms with van der Waals surface area (Å²) in [5, 5.41) is 3.70. The Kier molecular flexibility index (Phi) is 5.75. The number of fused-ring (bicyclic) bond motifs is 1. The van der Waals surface area contributed by atoms with E-state index in [4.69, 9.17) is 9.47 Å². The van der Waals surface area contributed by atoms with Gasteiger partial charge < -0.3 is 19.8 Å². The molecule has 0 spiro atoms. The van der Waals surface area contributed by atoms with Gasteiger partial charge in [-0.05, 0) is 38.8 Å². The second-order valence-corrected chi connectivity index (χ2v) is 7.23. The number of ether oxygens (including phenoxy) is 2. The van der Waals surface area contributed by atoms with Gasteiger partial charge in [-0.25, -0.2) is 9.59 Å². The summed E-state index contributed by atoms with van der Waals surface area (Å²) in [4.78, 5) is 28.2. The first kappa shape index (κ1) is 19.6. The minimum atomic E-state index is -1.30. The number of nitrogens with one attached hydrogen (secondary N) is 2. The molecular formula is C20H26N2O4. The van der Waals surface area contributed by atoms with E-state index in [1.807, 2.05) is 30.5 Å². The van der Waals surface area contributed by atoms with Crippen LogP contribution in [0.1, 0.15) is 32.8 Å². The fraction of sp³-hybridized carbons (Fsp3) is 0.400. The lowest BCUT2D eigenvalue weighted by Gasteiger charge is -2.32. The topological polar surface area (TPSA) is 80.4 Å². The number of aromatic amines is 1. The third kappa shape index (κ3) is 4.45. The number of methoxy groups -OCH3 is 1. The Balaban J connectivity index is 2.40. The highest BCUT2D eigenvalue weighted by Gasteiger charge is 2.42. The Labute approximate surface area is 153 Å². The molecule has 0 saturated carbocycles. The van der Waals surface area contributed by atoms with Gasteiger partial charge in [0, 0.05) is 23.5 Å². The summed E-state index contributed by atoms with van der Waals surface area (Å²) in [7, 11) is 1.30. The SMILES string of the molecule is C=CCC(Cc1c[nH]c2ccccc12)(NC(=O)OC(C)(C)C)C(=O)OC. The van der Waals surface area contributed by atoms with Crippen molar-refractivity contribution < 1.29 is 19.1 Å². The van der Waals surface area contributed by atoms with Crippen molar-refractivity contribution in [2.24, 2.45) is 0 Å². The van der Waals surface area contributed by atoms with Crippen LogP contribution in [0.5, 0.6) is 0 Å². The number of H-pyrrole nitrogens is 1. The van der Waals surface area contributed by atoms with E-state index in [9.17, 15) is 9.59 Å². The van der Waals surface area contributed by atoms with Crippen LogP contribution >= 0.6 is 0 Å². The van der Waals surface area contributed by atoms with Crippen LogP contribution in [0.3, 0.4) is 0 Å². The van der Waals surface area contributed by atoms with E-state index in [1.54, 1.807) is 26.8 Å². The zero-order chi connectivity index (χ0) is 19.4. The third-order valence-corrected chi connectivity index (χ3v) is 3.98. The molecule has 1 heterocycles. The van der Waals surface area contributed by atoms with Gasteiger partial charge in [0.1, 0.15) is 11.1 Å². The third-order valence-electron chi connectivity index (χ3n) is 3.98. The maximum Gasteiger partial charge on any atom is 0.408 e. The number of carbonyl (C=O) groups is 2. The maximum absolute atomic E-state index is 12.6. The first-order valence-electron chi connectivity index (χ1n) is 8.46. The van der Waals surface area contributed by atoms with Gasteiger partial charge in [0.2, 0.25) is 0 Å². The van der Waals surface area contributed by atoms with Gasteiger partial charge in [0.15, 0.2) is 0 Å². The minimum absolute atomic E-state index is 0.207. The monoisotopic (exact) mass is 358 g/mol. The Hall–Kier alpha value is -2.76. The predicted molar refractivity (Wildman–Crippen MR) is 101 cm³/mol. The van der Waals surface area contributed by atoms with E-state index in [-0.39, 0.29) is 12.8 Å². The molecule has 0 radical (unpaired) electrons. The van der Waals surface area contributed by atoms with Crippen molar-refractivity contribution in [3.05, 3.63) is 48.7 Å². The van der Waals surface area contributed by atoms with Crippen molar-refractivity contribution in [2.75, 3.05) is 7.11 Å². The number of para-hydroxylation sites is 1. The quantitative estimate of drug-likeness (QED) is 0.609. The van der Waals surface area contributed by atoms with Crippen molar-refractivity contribution in [1.29, 1.82) is 0 Å². The molecule has 1 atom stereocenters. The molecule has 140 valence electrons. The molecule has 1 aromatic carbocycles. The summed E-state index contributed by atoms with van der Waals surface area (Å²) in [6.07, 6.45) is 3.20. The molecule has 6 heteroatoms. The first-order valence-corrected chi connectivity index (χ1v) is 8.46. The summed E-state index contributed by atoms with van der Waals surface area (Å²) in [5.41, 5.74) is -0.133. The predicted octanol–water partition coefficient (Wildman–Crippen LogP) is 3.72.